The monoisotopic (exact) mass is 182 g/mol. The molecule has 0 saturated carbocycles. The van der Waals surface area contributed by atoms with Crippen LogP contribution in [-0.2, 0) is 6.42 Å². The van der Waals surface area contributed by atoms with Crippen molar-refractivity contribution in [2.75, 3.05) is 12.3 Å². The van der Waals surface area contributed by atoms with Gasteiger partial charge in [-0.25, -0.2) is 0 Å². The van der Waals surface area contributed by atoms with Crippen molar-refractivity contribution in [1.82, 2.24) is 4.98 Å². The van der Waals surface area contributed by atoms with Crippen molar-refractivity contribution in [1.29, 1.82) is 0 Å². The summed E-state index contributed by atoms with van der Waals surface area (Å²) in [5, 5.41) is 10.3. The maximum absolute atomic E-state index is 10.3. The van der Waals surface area contributed by atoms with E-state index < -0.39 is 4.92 Å². The van der Waals surface area contributed by atoms with E-state index in [9.17, 15) is 10.1 Å². The van der Waals surface area contributed by atoms with Gasteiger partial charge in [0.1, 0.15) is 6.20 Å². The molecule has 0 aromatic carbocycles. The SMILES string of the molecule is NCCc1ncc([N+](=O)[O-])cc1N. The molecule has 6 heteroatoms. The minimum absolute atomic E-state index is 0.0988. The number of aromatic nitrogens is 1. The van der Waals surface area contributed by atoms with Gasteiger partial charge in [-0.1, -0.05) is 0 Å². The molecule has 0 bridgehead atoms. The van der Waals surface area contributed by atoms with Crippen LogP contribution in [0.2, 0.25) is 0 Å². The molecule has 0 radical (unpaired) electrons. The molecule has 13 heavy (non-hydrogen) atoms. The van der Waals surface area contributed by atoms with Gasteiger partial charge in [0.2, 0.25) is 0 Å². The molecule has 70 valence electrons. The van der Waals surface area contributed by atoms with E-state index in [1.54, 1.807) is 0 Å². The van der Waals surface area contributed by atoms with Gasteiger partial charge in [-0.05, 0) is 6.54 Å². The van der Waals surface area contributed by atoms with E-state index in [0.717, 1.165) is 0 Å². The molecule has 1 heterocycles. The Hall–Kier alpha value is -1.69. The first kappa shape index (κ1) is 9.40. The molecule has 0 aliphatic heterocycles. The van der Waals surface area contributed by atoms with Gasteiger partial charge in [0.25, 0.3) is 5.69 Å². The normalized spacial score (nSPS) is 9.92. The van der Waals surface area contributed by atoms with Gasteiger partial charge in [0, 0.05) is 12.5 Å². The van der Waals surface area contributed by atoms with E-state index in [4.69, 9.17) is 11.5 Å². The van der Waals surface area contributed by atoms with Crippen molar-refractivity contribution < 1.29 is 4.92 Å². The van der Waals surface area contributed by atoms with Crippen molar-refractivity contribution in [2.24, 2.45) is 5.73 Å². The first-order valence-corrected chi connectivity index (χ1v) is 3.74. The average molecular weight is 182 g/mol. The fourth-order valence-corrected chi connectivity index (χ4v) is 0.944. The lowest BCUT2D eigenvalue weighted by Crippen LogP contribution is -2.07. The molecule has 0 atom stereocenters. The summed E-state index contributed by atoms with van der Waals surface area (Å²) in [7, 11) is 0. The van der Waals surface area contributed by atoms with Crippen LogP contribution < -0.4 is 11.5 Å². The van der Waals surface area contributed by atoms with Crippen LogP contribution >= 0.6 is 0 Å². The van der Waals surface area contributed by atoms with Crippen molar-refractivity contribution >= 4 is 11.4 Å². The number of hydrogen-bond donors (Lipinski definition) is 2. The number of nitro groups is 1. The number of nitrogens with two attached hydrogens (primary N) is 2. The lowest BCUT2D eigenvalue weighted by molar-refractivity contribution is -0.385. The highest BCUT2D eigenvalue weighted by molar-refractivity contribution is 5.49. The van der Waals surface area contributed by atoms with Gasteiger partial charge >= 0.3 is 0 Å². The third-order valence-corrected chi connectivity index (χ3v) is 1.58. The fraction of sp³-hybridized carbons (Fsp3) is 0.286. The van der Waals surface area contributed by atoms with Crippen LogP contribution in [0.5, 0.6) is 0 Å². The molecular weight excluding hydrogens is 172 g/mol. The zero-order valence-corrected chi connectivity index (χ0v) is 6.93. The zero-order chi connectivity index (χ0) is 9.84. The molecular formula is C7H10N4O2. The van der Waals surface area contributed by atoms with E-state index in [-0.39, 0.29) is 5.69 Å². The molecule has 4 N–H and O–H groups in total. The Morgan fingerprint density at radius 3 is 2.77 bits per heavy atom. The van der Waals surface area contributed by atoms with Crippen molar-refractivity contribution in [2.45, 2.75) is 6.42 Å². The van der Waals surface area contributed by atoms with Crippen LogP contribution in [0.3, 0.4) is 0 Å². The Bertz CT molecular complexity index is 326. The Kier molecular flexibility index (Phi) is 2.76. The highest BCUT2D eigenvalue weighted by atomic mass is 16.6. The topological polar surface area (TPSA) is 108 Å². The lowest BCUT2D eigenvalue weighted by atomic mass is 10.2. The number of hydrogen-bond acceptors (Lipinski definition) is 5. The predicted octanol–water partition coefficient (Wildman–Crippen LogP) is 0.0732. The zero-order valence-electron chi connectivity index (χ0n) is 6.93. The Balaban J connectivity index is 2.98. The van der Waals surface area contributed by atoms with Gasteiger partial charge in [-0.15, -0.1) is 0 Å². The molecule has 0 fully saturated rings. The summed E-state index contributed by atoms with van der Waals surface area (Å²) in [6, 6.07) is 1.29. The van der Waals surface area contributed by atoms with Crippen molar-refractivity contribution in [3.63, 3.8) is 0 Å². The summed E-state index contributed by atoms with van der Waals surface area (Å²) in [4.78, 5) is 13.6. The second-order valence-electron chi connectivity index (χ2n) is 2.53. The molecule has 0 aliphatic carbocycles. The van der Waals surface area contributed by atoms with Crippen molar-refractivity contribution in [3.8, 4) is 0 Å². The molecule has 0 aliphatic rings. The fourth-order valence-electron chi connectivity index (χ4n) is 0.944. The first-order valence-electron chi connectivity index (χ1n) is 3.74. The minimum atomic E-state index is -0.532. The molecule has 0 saturated heterocycles. The minimum Gasteiger partial charge on any atom is -0.397 e. The lowest BCUT2D eigenvalue weighted by Gasteiger charge is -2.01. The predicted molar refractivity (Wildman–Crippen MR) is 48.1 cm³/mol. The van der Waals surface area contributed by atoms with Crippen LogP contribution in [-0.4, -0.2) is 16.5 Å². The third-order valence-electron chi connectivity index (χ3n) is 1.58. The number of rotatable bonds is 3. The summed E-state index contributed by atoms with van der Waals surface area (Å²) >= 11 is 0. The summed E-state index contributed by atoms with van der Waals surface area (Å²) in [6.07, 6.45) is 1.71. The molecule has 0 spiro atoms. The Morgan fingerprint density at radius 1 is 1.62 bits per heavy atom. The van der Waals surface area contributed by atoms with Crippen LogP contribution in [0.15, 0.2) is 12.3 Å². The van der Waals surface area contributed by atoms with E-state index in [1.165, 1.54) is 12.3 Å². The van der Waals surface area contributed by atoms with E-state index in [2.05, 4.69) is 4.98 Å². The smallest absolute Gasteiger partial charge is 0.289 e. The van der Waals surface area contributed by atoms with Gasteiger partial charge in [0.15, 0.2) is 0 Å². The first-order chi connectivity index (χ1) is 6.15. The quantitative estimate of drug-likeness (QED) is 0.508. The molecule has 1 rings (SSSR count). The average Bonchev–Trinajstić information content (AvgIpc) is 2.08. The molecule has 1 aromatic rings. The highest BCUT2D eigenvalue weighted by Crippen LogP contribution is 2.16. The number of nitrogens with zero attached hydrogens (tertiary/aromatic N) is 2. The van der Waals surface area contributed by atoms with Gasteiger partial charge in [-0.3, -0.25) is 15.1 Å². The van der Waals surface area contributed by atoms with E-state index in [0.29, 0.717) is 24.3 Å². The maximum atomic E-state index is 10.3. The maximum Gasteiger partial charge on any atom is 0.289 e. The van der Waals surface area contributed by atoms with E-state index >= 15 is 0 Å². The standard InChI is InChI=1S/C7H10N4O2/c8-2-1-7-6(9)3-5(4-10-7)11(12)13/h3-4H,1-2,8-9H2. The van der Waals surface area contributed by atoms with Gasteiger partial charge < -0.3 is 11.5 Å². The Labute approximate surface area is 74.7 Å². The molecule has 0 amide bonds. The third kappa shape index (κ3) is 2.12. The number of anilines is 1. The molecule has 0 unspecified atom stereocenters. The molecule has 6 nitrogen and oxygen atoms in total. The van der Waals surface area contributed by atoms with Crippen LogP contribution in [0.25, 0.3) is 0 Å². The number of pyridine rings is 1. The summed E-state index contributed by atoms with van der Waals surface area (Å²) in [5.74, 6) is 0. The second kappa shape index (κ2) is 3.81. The number of nitrogen functional groups attached to an aromatic ring is 1. The van der Waals surface area contributed by atoms with Crippen LogP contribution in [0, 0.1) is 10.1 Å². The summed E-state index contributed by atoms with van der Waals surface area (Å²) < 4.78 is 0. The second-order valence-corrected chi connectivity index (χ2v) is 2.53. The largest absolute Gasteiger partial charge is 0.397 e. The summed E-state index contributed by atoms with van der Waals surface area (Å²) in [6.45, 7) is 0.426. The van der Waals surface area contributed by atoms with Gasteiger partial charge in [-0.2, -0.15) is 0 Å². The Morgan fingerprint density at radius 2 is 2.31 bits per heavy atom. The highest BCUT2D eigenvalue weighted by Gasteiger charge is 2.08. The van der Waals surface area contributed by atoms with Crippen LogP contribution in [0.4, 0.5) is 11.4 Å². The van der Waals surface area contributed by atoms with Crippen LogP contribution in [0.1, 0.15) is 5.69 Å². The summed E-state index contributed by atoms with van der Waals surface area (Å²) in [5.41, 5.74) is 11.6. The van der Waals surface area contributed by atoms with E-state index in [1.807, 2.05) is 0 Å². The molecule has 1 aromatic heterocycles. The van der Waals surface area contributed by atoms with Gasteiger partial charge in [0.05, 0.1) is 16.3 Å². The van der Waals surface area contributed by atoms with Crippen molar-refractivity contribution in [3.05, 3.63) is 28.1 Å².